The van der Waals surface area contributed by atoms with E-state index in [0.717, 1.165) is 5.56 Å². The smallest absolute Gasteiger partial charge is 0.379 e. The maximum absolute atomic E-state index is 12.3. The first-order valence-electron chi connectivity index (χ1n) is 5.99. The average molecular weight is 285 g/mol. The van der Waals surface area contributed by atoms with Crippen molar-refractivity contribution in [3.05, 3.63) is 59.9 Å². The molecule has 0 radical (unpaired) electrons. The minimum Gasteiger partial charge on any atom is -0.379 e. The maximum atomic E-state index is 12.3. The number of aliphatic hydroxyl groups excluding tert-OH is 1. The number of hydrogen-bond acceptors (Lipinski definition) is 2. The van der Waals surface area contributed by atoms with Crippen LogP contribution in [0.15, 0.2) is 48.8 Å². The fourth-order valence-electron chi connectivity index (χ4n) is 1.73. The van der Waals surface area contributed by atoms with E-state index in [2.05, 4.69) is 0 Å². The molecule has 3 nitrogen and oxygen atoms in total. The normalized spacial score (nSPS) is 13.4. The first-order chi connectivity index (χ1) is 9.47. The SMILES string of the molecule is OC(c1ccn(COCc2ccccc2)c1)C(F)(F)F. The molecule has 1 N–H and O–H groups in total. The molecule has 0 amide bonds. The van der Waals surface area contributed by atoms with Crippen LogP contribution >= 0.6 is 0 Å². The molecule has 20 heavy (non-hydrogen) atoms. The molecule has 0 aliphatic rings. The Morgan fingerprint density at radius 2 is 1.85 bits per heavy atom. The van der Waals surface area contributed by atoms with Crippen LogP contribution in [0.3, 0.4) is 0 Å². The Morgan fingerprint density at radius 3 is 2.50 bits per heavy atom. The third kappa shape index (κ3) is 3.85. The van der Waals surface area contributed by atoms with Crippen LogP contribution in [0.1, 0.15) is 17.2 Å². The van der Waals surface area contributed by atoms with Gasteiger partial charge < -0.3 is 14.4 Å². The van der Waals surface area contributed by atoms with E-state index in [1.807, 2.05) is 30.3 Å². The number of alkyl halides is 3. The minimum atomic E-state index is -4.66. The molecule has 0 spiro atoms. The van der Waals surface area contributed by atoms with Gasteiger partial charge in [-0.1, -0.05) is 30.3 Å². The maximum Gasteiger partial charge on any atom is 0.418 e. The molecule has 1 unspecified atom stereocenters. The molecule has 0 bridgehead atoms. The molecule has 0 saturated carbocycles. The number of rotatable bonds is 5. The lowest BCUT2D eigenvalue weighted by Gasteiger charge is -2.12. The summed E-state index contributed by atoms with van der Waals surface area (Å²) < 4.78 is 43.8. The number of nitrogens with zero attached hydrogens (tertiary/aromatic N) is 1. The molecule has 1 aromatic carbocycles. The Hall–Kier alpha value is -1.79. The Balaban J connectivity index is 1.87. The summed E-state index contributed by atoms with van der Waals surface area (Å²) in [7, 11) is 0. The van der Waals surface area contributed by atoms with Crippen LogP contribution in [-0.2, 0) is 18.1 Å². The molecule has 0 aliphatic heterocycles. The summed E-state index contributed by atoms with van der Waals surface area (Å²) in [6.07, 6.45) is -4.45. The van der Waals surface area contributed by atoms with Crippen LogP contribution in [0.5, 0.6) is 0 Å². The van der Waals surface area contributed by atoms with E-state index >= 15 is 0 Å². The molecule has 1 aromatic heterocycles. The molecule has 2 rings (SSSR count). The lowest BCUT2D eigenvalue weighted by atomic mass is 10.2. The number of halogens is 3. The summed E-state index contributed by atoms with van der Waals surface area (Å²) in [5, 5.41) is 9.09. The fraction of sp³-hybridized carbons (Fsp3) is 0.286. The van der Waals surface area contributed by atoms with Gasteiger partial charge >= 0.3 is 6.18 Å². The summed E-state index contributed by atoms with van der Waals surface area (Å²) in [4.78, 5) is 0. The summed E-state index contributed by atoms with van der Waals surface area (Å²) in [6, 6.07) is 10.7. The lowest BCUT2D eigenvalue weighted by molar-refractivity contribution is -0.206. The Bertz CT molecular complexity index is 537. The first-order valence-corrected chi connectivity index (χ1v) is 5.99. The van der Waals surface area contributed by atoms with E-state index < -0.39 is 12.3 Å². The van der Waals surface area contributed by atoms with Gasteiger partial charge in [0.15, 0.2) is 6.10 Å². The summed E-state index contributed by atoms with van der Waals surface area (Å²) >= 11 is 0. The van der Waals surface area contributed by atoms with Crippen LogP contribution in [-0.4, -0.2) is 15.8 Å². The second kappa shape index (κ2) is 6.11. The summed E-state index contributed by atoms with van der Waals surface area (Å²) in [5.74, 6) is 0. The second-order valence-electron chi connectivity index (χ2n) is 4.37. The highest BCUT2D eigenvalue weighted by atomic mass is 19.4. The highest BCUT2D eigenvalue weighted by molar-refractivity contribution is 5.15. The topological polar surface area (TPSA) is 34.4 Å². The molecule has 108 valence electrons. The Morgan fingerprint density at radius 1 is 1.15 bits per heavy atom. The quantitative estimate of drug-likeness (QED) is 0.915. The van der Waals surface area contributed by atoms with Crippen molar-refractivity contribution >= 4 is 0 Å². The van der Waals surface area contributed by atoms with E-state index in [-0.39, 0.29) is 12.3 Å². The first kappa shape index (κ1) is 14.6. The number of ether oxygens (including phenoxy) is 1. The van der Waals surface area contributed by atoms with Gasteiger partial charge in [-0.15, -0.1) is 0 Å². The zero-order chi connectivity index (χ0) is 14.6. The van der Waals surface area contributed by atoms with Crippen LogP contribution in [0.2, 0.25) is 0 Å². The highest BCUT2D eigenvalue weighted by Crippen LogP contribution is 2.32. The number of aliphatic hydroxyl groups is 1. The predicted molar refractivity (Wildman–Crippen MR) is 66.7 cm³/mol. The van der Waals surface area contributed by atoms with E-state index in [1.54, 1.807) is 0 Å². The van der Waals surface area contributed by atoms with Crippen LogP contribution < -0.4 is 0 Å². The van der Waals surface area contributed by atoms with Gasteiger partial charge in [-0.25, -0.2) is 0 Å². The van der Waals surface area contributed by atoms with Crippen molar-refractivity contribution in [1.82, 2.24) is 4.57 Å². The zero-order valence-corrected chi connectivity index (χ0v) is 10.5. The van der Waals surface area contributed by atoms with Crippen molar-refractivity contribution in [1.29, 1.82) is 0 Å². The summed E-state index contributed by atoms with van der Waals surface area (Å²) in [6.45, 7) is 0.496. The molecular formula is C14H14F3NO2. The van der Waals surface area contributed by atoms with Gasteiger partial charge in [0.05, 0.1) is 6.61 Å². The zero-order valence-electron chi connectivity index (χ0n) is 10.5. The van der Waals surface area contributed by atoms with Crippen molar-refractivity contribution in [3.63, 3.8) is 0 Å². The lowest BCUT2D eigenvalue weighted by Crippen LogP contribution is -2.19. The molecule has 1 heterocycles. The number of hydrogen-bond donors (Lipinski definition) is 1. The molecule has 1 atom stereocenters. The van der Waals surface area contributed by atoms with Gasteiger partial charge in [0.25, 0.3) is 0 Å². The minimum absolute atomic E-state index is 0.124. The van der Waals surface area contributed by atoms with E-state index in [4.69, 9.17) is 9.84 Å². The van der Waals surface area contributed by atoms with Crippen LogP contribution in [0.4, 0.5) is 13.2 Å². The van der Waals surface area contributed by atoms with Gasteiger partial charge in [-0.3, -0.25) is 0 Å². The standard InChI is InChI=1S/C14H14F3NO2/c15-14(16,17)13(19)12-6-7-18(8-12)10-20-9-11-4-2-1-3-5-11/h1-8,13,19H,9-10H2. The Kier molecular flexibility index (Phi) is 4.46. The molecule has 0 fully saturated rings. The van der Waals surface area contributed by atoms with E-state index in [9.17, 15) is 13.2 Å². The monoisotopic (exact) mass is 285 g/mol. The van der Waals surface area contributed by atoms with E-state index in [1.165, 1.54) is 23.0 Å². The van der Waals surface area contributed by atoms with Gasteiger partial charge in [0, 0.05) is 18.0 Å². The largest absolute Gasteiger partial charge is 0.418 e. The number of benzene rings is 1. The fourth-order valence-corrected chi connectivity index (χ4v) is 1.73. The van der Waals surface area contributed by atoms with Crippen LogP contribution in [0.25, 0.3) is 0 Å². The molecule has 0 aliphatic carbocycles. The van der Waals surface area contributed by atoms with Crippen molar-refractivity contribution in [2.24, 2.45) is 0 Å². The Labute approximate surface area is 114 Å². The van der Waals surface area contributed by atoms with Gasteiger partial charge in [-0.05, 0) is 11.6 Å². The van der Waals surface area contributed by atoms with Gasteiger partial charge in [-0.2, -0.15) is 13.2 Å². The third-order valence-corrected chi connectivity index (χ3v) is 2.75. The third-order valence-electron chi connectivity index (χ3n) is 2.75. The molecular weight excluding hydrogens is 271 g/mol. The van der Waals surface area contributed by atoms with Crippen molar-refractivity contribution < 1.29 is 23.0 Å². The highest BCUT2D eigenvalue weighted by Gasteiger charge is 2.39. The van der Waals surface area contributed by atoms with Gasteiger partial charge in [0.1, 0.15) is 6.73 Å². The molecule has 6 heteroatoms. The van der Waals surface area contributed by atoms with Crippen LogP contribution in [0, 0.1) is 0 Å². The second-order valence-corrected chi connectivity index (χ2v) is 4.37. The molecule has 2 aromatic rings. The van der Waals surface area contributed by atoms with E-state index in [0.29, 0.717) is 6.61 Å². The molecule has 0 saturated heterocycles. The summed E-state index contributed by atoms with van der Waals surface area (Å²) in [5.41, 5.74) is 0.788. The predicted octanol–water partition coefficient (Wildman–Crippen LogP) is 3.26. The van der Waals surface area contributed by atoms with Crippen molar-refractivity contribution in [2.45, 2.75) is 25.6 Å². The van der Waals surface area contributed by atoms with Crippen molar-refractivity contribution in [2.75, 3.05) is 0 Å². The average Bonchev–Trinajstić information content (AvgIpc) is 2.87. The van der Waals surface area contributed by atoms with Crippen molar-refractivity contribution in [3.8, 4) is 0 Å². The van der Waals surface area contributed by atoms with Gasteiger partial charge in [0.2, 0.25) is 0 Å². The number of aromatic nitrogens is 1.